The molecule has 1 fully saturated rings. The number of hydrogen-bond donors (Lipinski definition) is 0. The summed E-state index contributed by atoms with van der Waals surface area (Å²) in [6.45, 7) is 2.59. The van der Waals surface area contributed by atoms with Crippen LogP contribution in [-0.2, 0) is 4.74 Å². The first-order valence-corrected chi connectivity index (χ1v) is 3.38. The summed E-state index contributed by atoms with van der Waals surface area (Å²) in [6.07, 6.45) is 3.00. The molecule has 0 heterocycles. The molecule has 0 spiro atoms. The average Bonchev–Trinajstić information content (AvgIpc) is 1.79. The normalized spacial score (nSPS) is 22.2. The number of hydrogen-bond acceptors (Lipinski definition) is 2. The van der Waals surface area contributed by atoms with Crippen LogP contribution in [0.25, 0.3) is 0 Å². The monoisotopic (exact) mass is 125 g/mol. The van der Waals surface area contributed by atoms with Crippen molar-refractivity contribution in [2.45, 2.75) is 31.8 Å². The molecule has 0 aromatic carbocycles. The molecule has 0 aromatic rings. The largest absolute Gasteiger partial charge is 0.360 e. The van der Waals surface area contributed by atoms with Gasteiger partial charge in [-0.1, -0.05) is 0 Å². The maximum atomic E-state index is 8.59. The van der Waals surface area contributed by atoms with Gasteiger partial charge in [0, 0.05) is 6.61 Å². The van der Waals surface area contributed by atoms with E-state index in [1.54, 1.807) is 0 Å². The van der Waals surface area contributed by atoms with E-state index in [0.29, 0.717) is 6.61 Å². The van der Waals surface area contributed by atoms with Gasteiger partial charge in [0.1, 0.15) is 0 Å². The Morgan fingerprint density at radius 2 is 2.33 bits per heavy atom. The summed E-state index contributed by atoms with van der Waals surface area (Å²) in [5.41, 5.74) is -0.380. The summed E-state index contributed by atoms with van der Waals surface area (Å²) in [6, 6.07) is 2.19. The van der Waals surface area contributed by atoms with E-state index in [9.17, 15) is 0 Å². The van der Waals surface area contributed by atoms with Gasteiger partial charge in [0.25, 0.3) is 0 Å². The molecule has 0 aliphatic heterocycles. The zero-order chi connectivity index (χ0) is 6.74. The average molecular weight is 125 g/mol. The number of nitriles is 1. The van der Waals surface area contributed by atoms with Crippen LogP contribution in [0.3, 0.4) is 0 Å². The molecule has 2 heteroatoms. The maximum absolute atomic E-state index is 8.59. The van der Waals surface area contributed by atoms with E-state index in [4.69, 9.17) is 10.00 Å². The van der Waals surface area contributed by atoms with Crippen LogP contribution < -0.4 is 0 Å². The lowest BCUT2D eigenvalue weighted by atomic mass is 9.81. The molecule has 50 valence electrons. The molecule has 0 aromatic heterocycles. The van der Waals surface area contributed by atoms with Crippen molar-refractivity contribution in [3.8, 4) is 6.07 Å². The van der Waals surface area contributed by atoms with Gasteiger partial charge >= 0.3 is 0 Å². The number of ether oxygens (including phenoxy) is 1. The summed E-state index contributed by atoms with van der Waals surface area (Å²) in [7, 11) is 0. The zero-order valence-electron chi connectivity index (χ0n) is 5.68. The maximum Gasteiger partial charge on any atom is 0.154 e. The highest BCUT2D eigenvalue weighted by molar-refractivity contribution is 5.07. The van der Waals surface area contributed by atoms with Crippen LogP contribution in [0.15, 0.2) is 0 Å². The van der Waals surface area contributed by atoms with Gasteiger partial charge in [-0.25, -0.2) is 0 Å². The predicted octanol–water partition coefficient (Wildman–Crippen LogP) is 1.47. The van der Waals surface area contributed by atoms with E-state index in [-0.39, 0.29) is 5.60 Å². The fraction of sp³-hybridized carbons (Fsp3) is 0.857. The Morgan fingerprint density at radius 3 is 2.44 bits per heavy atom. The third-order valence-electron chi connectivity index (χ3n) is 1.79. The van der Waals surface area contributed by atoms with E-state index in [1.807, 2.05) is 6.92 Å². The van der Waals surface area contributed by atoms with Crippen molar-refractivity contribution < 1.29 is 4.74 Å². The molecule has 0 atom stereocenters. The first kappa shape index (κ1) is 6.57. The second-order valence-electron chi connectivity index (χ2n) is 2.39. The molecule has 2 nitrogen and oxygen atoms in total. The Morgan fingerprint density at radius 1 is 1.67 bits per heavy atom. The van der Waals surface area contributed by atoms with Gasteiger partial charge in [-0.3, -0.25) is 0 Å². The highest BCUT2D eigenvalue weighted by atomic mass is 16.5. The third-order valence-corrected chi connectivity index (χ3v) is 1.79. The molecule has 0 radical (unpaired) electrons. The van der Waals surface area contributed by atoms with Crippen LogP contribution in [0.4, 0.5) is 0 Å². The lowest BCUT2D eigenvalue weighted by Crippen LogP contribution is -2.38. The van der Waals surface area contributed by atoms with Crippen molar-refractivity contribution in [2.24, 2.45) is 0 Å². The molecule has 0 N–H and O–H groups in total. The summed E-state index contributed by atoms with van der Waals surface area (Å²) >= 11 is 0. The smallest absolute Gasteiger partial charge is 0.154 e. The van der Waals surface area contributed by atoms with E-state index >= 15 is 0 Å². The van der Waals surface area contributed by atoms with E-state index in [0.717, 1.165) is 19.3 Å². The van der Waals surface area contributed by atoms with Gasteiger partial charge in [0.2, 0.25) is 0 Å². The van der Waals surface area contributed by atoms with Crippen molar-refractivity contribution >= 4 is 0 Å². The second-order valence-corrected chi connectivity index (χ2v) is 2.39. The van der Waals surface area contributed by atoms with Crippen LogP contribution in [0.5, 0.6) is 0 Å². The lowest BCUT2D eigenvalue weighted by molar-refractivity contribution is -0.0498. The molecular weight excluding hydrogens is 114 g/mol. The summed E-state index contributed by atoms with van der Waals surface area (Å²) in [4.78, 5) is 0. The van der Waals surface area contributed by atoms with Gasteiger partial charge in [0.15, 0.2) is 5.60 Å². The Balaban J connectivity index is 2.40. The van der Waals surface area contributed by atoms with Gasteiger partial charge in [0.05, 0.1) is 6.07 Å². The Hall–Kier alpha value is -0.550. The molecule has 1 aliphatic carbocycles. The van der Waals surface area contributed by atoms with Gasteiger partial charge in [-0.05, 0) is 26.2 Å². The van der Waals surface area contributed by atoms with Crippen molar-refractivity contribution in [3.05, 3.63) is 0 Å². The van der Waals surface area contributed by atoms with Crippen LogP contribution in [0, 0.1) is 11.3 Å². The van der Waals surface area contributed by atoms with Crippen molar-refractivity contribution in [1.29, 1.82) is 5.26 Å². The van der Waals surface area contributed by atoms with Crippen LogP contribution in [-0.4, -0.2) is 12.2 Å². The minimum absolute atomic E-state index is 0.380. The lowest BCUT2D eigenvalue weighted by Gasteiger charge is -2.34. The molecule has 0 unspecified atom stereocenters. The number of nitrogens with zero attached hydrogens (tertiary/aromatic N) is 1. The van der Waals surface area contributed by atoms with Crippen molar-refractivity contribution in [1.82, 2.24) is 0 Å². The fourth-order valence-corrected chi connectivity index (χ4v) is 1.06. The standard InChI is InChI=1S/C7H11NO/c1-2-9-7(6-8)4-3-5-7/h2-5H2,1H3. The van der Waals surface area contributed by atoms with Crippen molar-refractivity contribution in [3.63, 3.8) is 0 Å². The van der Waals surface area contributed by atoms with Crippen LogP contribution >= 0.6 is 0 Å². The summed E-state index contributed by atoms with van der Waals surface area (Å²) in [5, 5.41) is 8.59. The van der Waals surface area contributed by atoms with Crippen LogP contribution in [0.2, 0.25) is 0 Å². The molecular formula is C7H11NO. The zero-order valence-corrected chi connectivity index (χ0v) is 5.68. The highest BCUT2D eigenvalue weighted by Crippen LogP contribution is 2.34. The SMILES string of the molecule is CCOC1(C#N)CCC1. The van der Waals surface area contributed by atoms with Gasteiger partial charge in [-0.15, -0.1) is 0 Å². The van der Waals surface area contributed by atoms with Gasteiger partial charge < -0.3 is 4.74 Å². The molecule has 0 saturated heterocycles. The van der Waals surface area contributed by atoms with E-state index in [2.05, 4.69) is 6.07 Å². The number of rotatable bonds is 2. The fourth-order valence-electron chi connectivity index (χ4n) is 1.06. The summed E-state index contributed by atoms with van der Waals surface area (Å²) in [5.74, 6) is 0. The Bertz CT molecular complexity index is 132. The molecule has 9 heavy (non-hydrogen) atoms. The molecule has 1 saturated carbocycles. The van der Waals surface area contributed by atoms with E-state index < -0.39 is 0 Å². The molecule has 1 aliphatic rings. The molecule has 1 rings (SSSR count). The molecule has 0 amide bonds. The Labute approximate surface area is 55.4 Å². The first-order chi connectivity index (χ1) is 4.33. The third kappa shape index (κ3) is 1.06. The van der Waals surface area contributed by atoms with Crippen LogP contribution in [0.1, 0.15) is 26.2 Å². The Kier molecular flexibility index (Phi) is 1.73. The quantitative estimate of drug-likeness (QED) is 0.559. The topological polar surface area (TPSA) is 33.0 Å². The minimum Gasteiger partial charge on any atom is -0.360 e. The second kappa shape index (κ2) is 2.36. The molecule has 0 bridgehead atoms. The van der Waals surface area contributed by atoms with E-state index in [1.165, 1.54) is 0 Å². The predicted molar refractivity (Wildman–Crippen MR) is 33.8 cm³/mol. The van der Waals surface area contributed by atoms with Crippen molar-refractivity contribution in [2.75, 3.05) is 6.61 Å². The first-order valence-electron chi connectivity index (χ1n) is 3.38. The summed E-state index contributed by atoms with van der Waals surface area (Å²) < 4.78 is 5.25. The minimum atomic E-state index is -0.380. The highest BCUT2D eigenvalue weighted by Gasteiger charge is 2.37. The van der Waals surface area contributed by atoms with Gasteiger partial charge in [-0.2, -0.15) is 5.26 Å².